The quantitative estimate of drug-likeness (QED) is 0.510. The van der Waals surface area contributed by atoms with Gasteiger partial charge in [-0.2, -0.15) is 0 Å². The van der Waals surface area contributed by atoms with Gasteiger partial charge in [0.2, 0.25) is 5.91 Å². The average molecular weight is 406 g/mol. The number of benzene rings is 2. The number of aryl methyl sites for hydroxylation is 1. The number of halogens is 2. The first kappa shape index (κ1) is 20.2. The van der Waals surface area contributed by atoms with Crippen LogP contribution in [-0.4, -0.2) is 28.3 Å². The first-order chi connectivity index (χ1) is 13.3. The summed E-state index contributed by atoms with van der Waals surface area (Å²) in [6.07, 6.45) is 2.22. The van der Waals surface area contributed by atoms with Crippen molar-refractivity contribution < 1.29 is 14.1 Å². The Morgan fingerprint density at radius 1 is 1.36 bits per heavy atom. The van der Waals surface area contributed by atoms with Crippen LogP contribution in [0, 0.1) is 22.9 Å². The van der Waals surface area contributed by atoms with Gasteiger partial charge in [-0.05, 0) is 37.5 Å². The van der Waals surface area contributed by atoms with Crippen molar-refractivity contribution in [3.8, 4) is 0 Å². The molecule has 0 heterocycles. The number of rotatable bonds is 8. The number of amides is 1. The van der Waals surface area contributed by atoms with Gasteiger partial charge in [-0.25, -0.2) is 4.39 Å². The molecule has 1 amide bonds. The third-order valence-corrected chi connectivity index (χ3v) is 5.17. The summed E-state index contributed by atoms with van der Waals surface area (Å²) in [6.45, 7) is 2.57. The van der Waals surface area contributed by atoms with E-state index in [1.165, 1.54) is 18.2 Å². The van der Waals surface area contributed by atoms with Crippen molar-refractivity contribution in [1.82, 2.24) is 4.90 Å². The van der Waals surface area contributed by atoms with Crippen molar-refractivity contribution in [2.45, 2.75) is 38.8 Å². The predicted octanol–water partition coefficient (Wildman–Crippen LogP) is 4.69. The maximum atomic E-state index is 14.1. The summed E-state index contributed by atoms with van der Waals surface area (Å²) < 4.78 is 14.1. The minimum absolute atomic E-state index is 0.0744. The molecule has 6 nitrogen and oxygen atoms in total. The molecule has 8 heteroatoms. The number of nitrogens with zero attached hydrogens (tertiary/aromatic N) is 2. The molecule has 0 aromatic heterocycles. The second-order valence-corrected chi connectivity index (χ2v) is 7.36. The molecule has 148 valence electrons. The van der Waals surface area contributed by atoms with Crippen LogP contribution in [0.5, 0.6) is 0 Å². The molecule has 0 bridgehead atoms. The minimum Gasteiger partial charge on any atom is -0.326 e. The zero-order valence-electron chi connectivity index (χ0n) is 15.5. The van der Waals surface area contributed by atoms with Gasteiger partial charge in [0, 0.05) is 48.3 Å². The van der Waals surface area contributed by atoms with Crippen molar-refractivity contribution in [2.24, 2.45) is 0 Å². The van der Waals surface area contributed by atoms with E-state index >= 15 is 0 Å². The normalized spacial score (nSPS) is 13.6. The van der Waals surface area contributed by atoms with Crippen molar-refractivity contribution in [3.63, 3.8) is 0 Å². The van der Waals surface area contributed by atoms with E-state index in [-0.39, 0.29) is 23.8 Å². The van der Waals surface area contributed by atoms with E-state index in [1.54, 1.807) is 25.1 Å². The summed E-state index contributed by atoms with van der Waals surface area (Å²) in [6, 6.07) is 9.28. The second-order valence-electron chi connectivity index (χ2n) is 6.96. The predicted molar refractivity (Wildman–Crippen MR) is 106 cm³/mol. The van der Waals surface area contributed by atoms with Crippen molar-refractivity contribution >= 4 is 28.9 Å². The number of hydrogen-bond donors (Lipinski definition) is 1. The van der Waals surface area contributed by atoms with E-state index in [0.29, 0.717) is 35.4 Å². The van der Waals surface area contributed by atoms with Crippen LogP contribution < -0.4 is 5.32 Å². The molecule has 1 N–H and O–H groups in total. The molecule has 0 aliphatic heterocycles. The Hall–Kier alpha value is -2.51. The van der Waals surface area contributed by atoms with E-state index in [9.17, 15) is 19.3 Å². The lowest BCUT2D eigenvalue weighted by atomic mass is 10.1. The Morgan fingerprint density at radius 3 is 2.75 bits per heavy atom. The maximum Gasteiger partial charge on any atom is 0.271 e. The highest BCUT2D eigenvalue weighted by Gasteiger charge is 2.30. The highest BCUT2D eigenvalue weighted by molar-refractivity contribution is 6.31. The molecule has 0 spiro atoms. The number of nitro benzene ring substituents is 1. The monoisotopic (exact) mass is 405 g/mol. The molecule has 2 aromatic carbocycles. The lowest BCUT2D eigenvalue weighted by Crippen LogP contribution is -2.30. The number of nitro groups is 1. The summed E-state index contributed by atoms with van der Waals surface area (Å²) in [5.41, 5.74) is 1.53. The molecule has 1 aliphatic rings. The Bertz CT molecular complexity index is 882. The zero-order chi connectivity index (χ0) is 20.3. The van der Waals surface area contributed by atoms with Gasteiger partial charge >= 0.3 is 0 Å². The molecule has 0 saturated heterocycles. The third-order valence-electron chi connectivity index (χ3n) is 4.82. The first-order valence-corrected chi connectivity index (χ1v) is 9.45. The number of anilines is 1. The van der Waals surface area contributed by atoms with Crippen LogP contribution in [0.25, 0.3) is 0 Å². The first-order valence-electron chi connectivity index (χ1n) is 9.07. The lowest BCUT2D eigenvalue weighted by Gasteiger charge is -2.22. The standard InChI is InChI=1S/C20H21ClFN3O3/c1-13-5-6-15(25(27)28)11-19(13)23-20(26)9-10-24(14-7-8-14)12-16-17(21)3-2-4-18(16)22/h2-6,11,14H,7-10,12H2,1H3,(H,23,26). The van der Waals surface area contributed by atoms with Gasteiger partial charge in [0.25, 0.3) is 5.69 Å². The molecular weight excluding hydrogens is 385 g/mol. The fourth-order valence-corrected chi connectivity index (χ4v) is 3.26. The summed E-state index contributed by atoms with van der Waals surface area (Å²) in [4.78, 5) is 24.9. The van der Waals surface area contributed by atoms with Crippen LogP contribution in [-0.2, 0) is 11.3 Å². The van der Waals surface area contributed by atoms with Gasteiger partial charge in [0.05, 0.1) is 10.6 Å². The fraction of sp³-hybridized carbons (Fsp3) is 0.350. The summed E-state index contributed by atoms with van der Waals surface area (Å²) >= 11 is 6.13. The van der Waals surface area contributed by atoms with Crippen LogP contribution in [0.1, 0.15) is 30.4 Å². The minimum atomic E-state index is -0.498. The van der Waals surface area contributed by atoms with Crippen LogP contribution in [0.3, 0.4) is 0 Å². The SMILES string of the molecule is Cc1ccc([N+](=O)[O-])cc1NC(=O)CCN(Cc1c(F)cccc1Cl)C1CC1. The number of non-ortho nitro benzene ring substituents is 1. The molecule has 1 aliphatic carbocycles. The molecule has 1 saturated carbocycles. The van der Waals surface area contributed by atoms with Gasteiger partial charge in [-0.15, -0.1) is 0 Å². The van der Waals surface area contributed by atoms with E-state index in [1.807, 2.05) is 0 Å². The Labute approximate surface area is 167 Å². The molecule has 1 fully saturated rings. The molecule has 0 unspecified atom stereocenters. The molecular formula is C20H21ClFN3O3. The van der Waals surface area contributed by atoms with Crippen molar-refractivity contribution in [1.29, 1.82) is 0 Å². The Morgan fingerprint density at radius 2 is 2.11 bits per heavy atom. The summed E-state index contributed by atoms with van der Waals surface area (Å²) in [5, 5.41) is 14.0. The maximum absolute atomic E-state index is 14.1. The van der Waals surface area contributed by atoms with Crippen molar-refractivity contribution in [2.75, 3.05) is 11.9 Å². The van der Waals surface area contributed by atoms with Gasteiger partial charge < -0.3 is 5.32 Å². The molecule has 3 rings (SSSR count). The number of nitrogens with one attached hydrogen (secondary N) is 1. The highest BCUT2D eigenvalue weighted by Crippen LogP contribution is 2.31. The number of hydrogen-bond acceptors (Lipinski definition) is 4. The number of carbonyl (C=O) groups excluding carboxylic acids is 1. The summed E-state index contributed by atoms with van der Waals surface area (Å²) in [7, 11) is 0. The van der Waals surface area contributed by atoms with E-state index in [0.717, 1.165) is 18.4 Å². The van der Waals surface area contributed by atoms with Crippen LogP contribution in [0.4, 0.5) is 15.8 Å². The van der Waals surface area contributed by atoms with Crippen LogP contribution >= 0.6 is 11.6 Å². The summed E-state index contributed by atoms with van der Waals surface area (Å²) in [5.74, 6) is -0.594. The molecule has 0 radical (unpaired) electrons. The van der Waals surface area contributed by atoms with Crippen LogP contribution in [0.2, 0.25) is 5.02 Å². The van der Waals surface area contributed by atoms with Gasteiger partial charge in [0.15, 0.2) is 0 Å². The second kappa shape index (κ2) is 8.67. The number of carbonyl (C=O) groups is 1. The Balaban J connectivity index is 1.62. The molecule has 0 atom stereocenters. The average Bonchev–Trinajstić information content (AvgIpc) is 3.47. The zero-order valence-corrected chi connectivity index (χ0v) is 16.2. The third kappa shape index (κ3) is 5.05. The van der Waals surface area contributed by atoms with E-state index in [2.05, 4.69) is 10.2 Å². The molecule has 2 aromatic rings. The Kier molecular flexibility index (Phi) is 6.26. The smallest absolute Gasteiger partial charge is 0.271 e. The highest BCUT2D eigenvalue weighted by atomic mass is 35.5. The largest absolute Gasteiger partial charge is 0.326 e. The van der Waals surface area contributed by atoms with E-state index in [4.69, 9.17) is 11.6 Å². The van der Waals surface area contributed by atoms with Crippen molar-refractivity contribution in [3.05, 3.63) is 68.5 Å². The van der Waals surface area contributed by atoms with Gasteiger partial charge in [-0.1, -0.05) is 23.7 Å². The van der Waals surface area contributed by atoms with E-state index < -0.39 is 4.92 Å². The van der Waals surface area contributed by atoms with Gasteiger partial charge in [-0.3, -0.25) is 19.8 Å². The van der Waals surface area contributed by atoms with Crippen LogP contribution in [0.15, 0.2) is 36.4 Å². The van der Waals surface area contributed by atoms with Gasteiger partial charge in [0.1, 0.15) is 5.82 Å². The molecule has 28 heavy (non-hydrogen) atoms. The topological polar surface area (TPSA) is 75.5 Å². The lowest BCUT2D eigenvalue weighted by molar-refractivity contribution is -0.384. The fourth-order valence-electron chi connectivity index (χ4n) is 3.03.